The second kappa shape index (κ2) is 8.66. The lowest BCUT2D eigenvalue weighted by atomic mass is 9.95. The lowest BCUT2D eigenvalue weighted by molar-refractivity contribution is -0.136. The molecular weight excluding hydrogens is 334 g/mol. The van der Waals surface area contributed by atoms with Gasteiger partial charge in [-0.2, -0.15) is 11.3 Å². The van der Waals surface area contributed by atoms with Crippen LogP contribution in [0.25, 0.3) is 0 Å². The van der Waals surface area contributed by atoms with Crippen LogP contribution in [0, 0.1) is 0 Å². The molecule has 5 nitrogen and oxygen atoms in total. The minimum absolute atomic E-state index is 0. The first-order valence-corrected chi connectivity index (χ1v) is 8.79. The molecule has 1 unspecified atom stereocenters. The summed E-state index contributed by atoms with van der Waals surface area (Å²) >= 11 is 1.52. The fourth-order valence-corrected chi connectivity index (χ4v) is 3.51. The fourth-order valence-electron chi connectivity index (χ4n) is 2.88. The van der Waals surface area contributed by atoms with Gasteiger partial charge in [-0.25, -0.2) is 0 Å². The molecule has 2 heterocycles. The van der Waals surface area contributed by atoms with Gasteiger partial charge >= 0.3 is 0 Å². The van der Waals surface area contributed by atoms with Gasteiger partial charge in [-0.3, -0.25) is 9.59 Å². The Morgan fingerprint density at radius 2 is 1.91 bits per heavy atom. The van der Waals surface area contributed by atoms with Crippen LogP contribution in [-0.2, 0) is 4.79 Å². The summed E-state index contributed by atoms with van der Waals surface area (Å²) in [5.41, 5.74) is 6.09. The van der Waals surface area contributed by atoms with Crippen molar-refractivity contribution < 1.29 is 9.59 Å². The maximum absolute atomic E-state index is 12.6. The number of amides is 2. The molecule has 0 aliphatic carbocycles. The highest BCUT2D eigenvalue weighted by atomic mass is 35.5. The van der Waals surface area contributed by atoms with E-state index in [0.29, 0.717) is 32.6 Å². The number of hydrogen-bond acceptors (Lipinski definition) is 4. The zero-order valence-corrected chi connectivity index (χ0v) is 15.4. The average Bonchev–Trinajstić information content (AvgIpc) is 2.90. The maximum atomic E-state index is 12.6. The molecule has 0 radical (unpaired) electrons. The number of nitrogens with zero attached hydrogens (tertiary/aromatic N) is 2. The Balaban J connectivity index is 0.00000264. The van der Waals surface area contributed by atoms with Gasteiger partial charge in [0.1, 0.15) is 0 Å². The van der Waals surface area contributed by atoms with E-state index in [-0.39, 0.29) is 24.2 Å². The minimum Gasteiger partial charge on any atom is -0.339 e. The zero-order chi connectivity index (χ0) is 16.2. The molecular formula is C16H26ClN3O2S. The third kappa shape index (κ3) is 4.93. The Hall–Kier alpha value is -1.11. The van der Waals surface area contributed by atoms with Crippen LogP contribution in [0.3, 0.4) is 0 Å². The van der Waals surface area contributed by atoms with Crippen LogP contribution >= 0.6 is 23.7 Å². The Bertz CT molecular complexity index is 519. The van der Waals surface area contributed by atoms with Crippen molar-refractivity contribution in [1.29, 1.82) is 0 Å². The van der Waals surface area contributed by atoms with Gasteiger partial charge in [0.05, 0.1) is 11.1 Å². The predicted octanol–water partition coefficient (Wildman–Crippen LogP) is 2.36. The lowest BCUT2D eigenvalue weighted by Gasteiger charge is -2.31. The first-order valence-electron chi connectivity index (χ1n) is 7.85. The first-order chi connectivity index (χ1) is 10.5. The van der Waals surface area contributed by atoms with Crippen LogP contribution in [0.1, 0.15) is 43.5 Å². The third-order valence-electron chi connectivity index (χ3n) is 4.10. The Morgan fingerprint density at radius 3 is 2.52 bits per heavy atom. The lowest BCUT2D eigenvalue weighted by Crippen LogP contribution is -2.54. The van der Waals surface area contributed by atoms with Gasteiger partial charge in [0.25, 0.3) is 5.91 Å². The first kappa shape index (κ1) is 19.9. The molecule has 1 aliphatic heterocycles. The molecule has 0 bridgehead atoms. The van der Waals surface area contributed by atoms with E-state index in [9.17, 15) is 9.59 Å². The summed E-state index contributed by atoms with van der Waals surface area (Å²) in [6, 6.07) is 1.85. The summed E-state index contributed by atoms with van der Waals surface area (Å²) < 4.78 is 0. The summed E-state index contributed by atoms with van der Waals surface area (Å²) in [6.45, 7) is 6.32. The molecule has 1 aromatic heterocycles. The summed E-state index contributed by atoms with van der Waals surface area (Å²) in [5.74, 6) is 0.0544. The van der Waals surface area contributed by atoms with Crippen LogP contribution in [0.5, 0.6) is 0 Å². The van der Waals surface area contributed by atoms with Crippen molar-refractivity contribution in [1.82, 2.24) is 9.80 Å². The van der Waals surface area contributed by atoms with Crippen molar-refractivity contribution in [2.24, 2.45) is 5.73 Å². The second-order valence-corrected chi connectivity index (χ2v) is 6.90. The molecule has 2 rings (SSSR count). The monoisotopic (exact) mass is 359 g/mol. The predicted molar refractivity (Wildman–Crippen MR) is 96.2 cm³/mol. The van der Waals surface area contributed by atoms with E-state index in [1.54, 1.807) is 6.92 Å². The van der Waals surface area contributed by atoms with E-state index in [0.717, 1.165) is 18.4 Å². The number of rotatable bonds is 4. The van der Waals surface area contributed by atoms with Crippen molar-refractivity contribution in [2.45, 2.75) is 38.6 Å². The van der Waals surface area contributed by atoms with Gasteiger partial charge in [0.2, 0.25) is 5.91 Å². The molecule has 1 atom stereocenters. The number of halogens is 1. The highest BCUT2D eigenvalue weighted by Crippen LogP contribution is 2.16. The smallest absolute Gasteiger partial charge is 0.254 e. The summed E-state index contributed by atoms with van der Waals surface area (Å²) in [5, 5.41) is 3.78. The van der Waals surface area contributed by atoms with Crippen molar-refractivity contribution >= 4 is 35.6 Å². The largest absolute Gasteiger partial charge is 0.339 e. The number of nitrogens with two attached hydrogens (primary N) is 1. The van der Waals surface area contributed by atoms with E-state index < -0.39 is 5.54 Å². The van der Waals surface area contributed by atoms with Crippen molar-refractivity contribution in [3.63, 3.8) is 0 Å². The average molecular weight is 360 g/mol. The van der Waals surface area contributed by atoms with E-state index in [4.69, 9.17) is 5.73 Å². The van der Waals surface area contributed by atoms with Crippen molar-refractivity contribution in [3.8, 4) is 0 Å². The Kier molecular flexibility index (Phi) is 7.51. The quantitative estimate of drug-likeness (QED) is 0.897. The molecule has 0 aromatic carbocycles. The number of hydrogen-bond donors (Lipinski definition) is 1. The molecule has 2 N–H and O–H groups in total. The Labute approximate surface area is 148 Å². The van der Waals surface area contributed by atoms with Crippen LogP contribution in [0.2, 0.25) is 0 Å². The van der Waals surface area contributed by atoms with Gasteiger partial charge < -0.3 is 15.5 Å². The highest BCUT2D eigenvalue weighted by Gasteiger charge is 2.33. The van der Waals surface area contributed by atoms with Crippen LogP contribution < -0.4 is 5.73 Å². The number of carbonyl (C=O) groups excluding carboxylic acids is 2. The summed E-state index contributed by atoms with van der Waals surface area (Å²) in [7, 11) is 0. The standard InChI is InChI=1S/C16H25N3O2S.ClH/c1-3-6-16(2,17)15(21)19-8-4-7-18(9-10-19)14(20)13-5-11-22-12-13;/h5,11-12H,3-4,6-10,17H2,1-2H3;1H. The molecule has 1 saturated heterocycles. The molecule has 2 amide bonds. The van der Waals surface area contributed by atoms with Crippen LogP contribution in [-0.4, -0.2) is 53.3 Å². The minimum atomic E-state index is -0.804. The normalized spacial score (nSPS) is 17.9. The Morgan fingerprint density at radius 1 is 1.26 bits per heavy atom. The van der Waals surface area contributed by atoms with E-state index in [2.05, 4.69) is 0 Å². The molecule has 1 aliphatic rings. The summed E-state index contributed by atoms with van der Waals surface area (Å²) in [6.07, 6.45) is 2.36. The van der Waals surface area contributed by atoms with Gasteiger partial charge in [-0.1, -0.05) is 13.3 Å². The molecule has 130 valence electrons. The highest BCUT2D eigenvalue weighted by molar-refractivity contribution is 7.08. The molecule has 0 saturated carbocycles. The van der Waals surface area contributed by atoms with Gasteiger partial charge in [0.15, 0.2) is 0 Å². The van der Waals surface area contributed by atoms with Gasteiger partial charge in [0, 0.05) is 31.6 Å². The van der Waals surface area contributed by atoms with Crippen LogP contribution in [0.4, 0.5) is 0 Å². The SMILES string of the molecule is CCCC(C)(N)C(=O)N1CCCN(C(=O)c2ccsc2)CC1.Cl. The molecule has 1 fully saturated rings. The fraction of sp³-hybridized carbons (Fsp3) is 0.625. The van der Waals surface area contributed by atoms with Crippen molar-refractivity contribution in [3.05, 3.63) is 22.4 Å². The van der Waals surface area contributed by atoms with Crippen molar-refractivity contribution in [2.75, 3.05) is 26.2 Å². The van der Waals surface area contributed by atoms with Crippen LogP contribution in [0.15, 0.2) is 16.8 Å². The second-order valence-electron chi connectivity index (χ2n) is 6.12. The van der Waals surface area contributed by atoms with E-state index in [1.165, 1.54) is 11.3 Å². The number of thiophene rings is 1. The molecule has 7 heteroatoms. The topological polar surface area (TPSA) is 66.6 Å². The maximum Gasteiger partial charge on any atom is 0.254 e. The summed E-state index contributed by atoms with van der Waals surface area (Å²) in [4.78, 5) is 28.6. The molecule has 0 spiro atoms. The molecule has 1 aromatic rings. The zero-order valence-electron chi connectivity index (χ0n) is 13.8. The van der Waals surface area contributed by atoms with E-state index >= 15 is 0 Å². The van der Waals surface area contributed by atoms with Gasteiger partial charge in [-0.05, 0) is 31.2 Å². The third-order valence-corrected chi connectivity index (χ3v) is 4.78. The van der Waals surface area contributed by atoms with Gasteiger partial charge in [-0.15, -0.1) is 12.4 Å². The number of carbonyl (C=O) groups is 2. The molecule has 23 heavy (non-hydrogen) atoms. The van der Waals surface area contributed by atoms with E-state index in [1.807, 2.05) is 33.6 Å².